The number of nitrogens with one attached hydrogen (secondary N) is 1. The zero-order chi connectivity index (χ0) is 13.4. The molecule has 96 valence electrons. The standard InChI is InChI=1S/C13H8BrNO4/c14-8-5-9-11(19-6-12(16)15-9)4-7(8)13(17)10-2-1-3-18-10/h1-5H,6H2,(H,15,16). The fourth-order valence-electron chi connectivity index (χ4n) is 1.81. The normalized spacial score (nSPS) is 13.4. The maximum Gasteiger partial charge on any atom is 0.262 e. The number of ether oxygens (including phenoxy) is 1. The number of fused-ring (bicyclic) bond motifs is 1. The molecule has 1 aliphatic rings. The highest BCUT2D eigenvalue weighted by molar-refractivity contribution is 9.10. The van der Waals surface area contributed by atoms with E-state index in [-0.39, 0.29) is 24.1 Å². The smallest absolute Gasteiger partial charge is 0.262 e. The number of carbonyl (C=O) groups excluding carboxylic acids is 2. The maximum absolute atomic E-state index is 12.2. The van der Waals surface area contributed by atoms with Crippen LogP contribution in [0.5, 0.6) is 5.75 Å². The summed E-state index contributed by atoms with van der Waals surface area (Å²) in [4.78, 5) is 23.4. The minimum atomic E-state index is -0.250. The molecule has 0 saturated heterocycles. The topological polar surface area (TPSA) is 68.5 Å². The highest BCUT2D eigenvalue weighted by Crippen LogP contribution is 2.34. The summed E-state index contributed by atoms with van der Waals surface area (Å²) in [6.07, 6.45) is 1.44. The Morgan fingerprint density at radius 1 is 1.37 bits per heavy atom. The number of halogens is 1. The third-order valence-electron chi connectivity index (χ3n) is 2.69. The van der Waals surface area contributed by atoms with Crippen LogP contribution in [-0.4, -0.2) is 18.3 Å². The van der Waals surface area contributed by atoms with Crippen LogP contribution in [0.25, 0.3) is 0 Å². The van der Waals surface area contributed by atoms with Crippen molar-refractivity contribution in [2.24, 2.45) is 0 Å². The lowest BCUT2D eigenvalue weighted by molar-refractivity contribution is -0.118. The quantitative estimate of drug-likeness (QED) is 0.863. The second-order valence-corrected chi connectivity index (χ2v) is 4.83. The summed E-state index contributed by atoms with van der Waals surface area (Å²) < 4.78 is 10.9. The van der Waals surface area contributed by atoms with E-state index >= 15 is 0 Å². The Kier molecular flexibility index (Phi) is 2.87. The third kappa shape index (κ3) is 2.15. The van der Waals surface area contributed by atoms with Crippen molar-refractivity contribution in [2.45, 2.75) is 0 Å². The summed E-state index contributed by atoms with van der Waals surface area (Å²) in [5.41, 5.74) is 0.962. The van der Waals surface area contributed by atoms with Crippen LogP contribution in [0.15, 0.2) is 39.4 Å². The number of benzene rings is 1. The zero-order valence-electron chi connectivity index (χ0n) is 9.60. The summed E-state index contributed by atoms with van der Waals surface area (Å²) in [5, 5.41) is 2.67. The van der Waals surface area contributed by atoms with Crippen LogP contribution in [0, 0.1) is 0 Å². The van der Waals surface area contributed by atoms with Gasteiger partial charge >= 0.3 is 0 Å². The number of rotatable bonds is 2. The molecule has 5 nitrogen and oxygen atoms in total. The van der Waals surface area contributed by atoms with E-state index < -0.39 is 0 Å². The van der Waals surface area contributed by atoms with Gasteiger partial charge in [-0.15, -0.1) is 0 Å². The van der Waals surface area contributed by atoms with Crippen LogP contribution in [0.2, 0.25) is 0 Å². The van der Waals surface area contributed by atoms with Gasteiger partial charge in [0.1, 0.15) is 5.75 Å². The van der Waals surface area contributed by atoms with Crippen LogP contribution < -0.4 is 10.1 Å². The predicted octanol–water partition coefficient (Wildman–Crippen LogP) is 2.60. The first-order chi connectivity index (χ1) is 9.15. The third-order valence-corrected chi connectivity index (χ3v) is 3.35. The van der Waals surface area contributed by atoms with Gasteiger partial charge in [0, 0.05) is 10.0 Å². The van der Waals surface area contributed by atoms with Crippen molar-refractivity contribution in [2.75, 3.05) is 11.9 Å². The van der Waals surface area contributed by atoms with Crippen LogP contribution in [0.3, 0.4) is 0 Å². The van der Waals surface area contributed by atoms with Gasteiger partial charge in [-0.1, -0.05) is 0 Å². The van der Waals surface area contributed by atoms with Crippen molar-refractivity contribution < 1.29 is 18.7 Å². The first-order valence-corrected chi connectivity index (χ1v) is 6.29. The van der Waals surface area contributed by atoms with E-state index in [0.29, 0.717) is 21.5 Å². The van der Waals surface area contributed by atoms with Gasteiger partial charge in [-0.25, -0.2) is 0 Å². The van der Waals surface area contributed by atoms with Crippen molar-refractivity contribution >= 4 is 33.3 Å². The van der Waals surface area contributed by atoms with Crippen molar-refractivity contribution in [3.8, 4) is 5.75 Å². The summed E-state index contributed by atoms with van der Waals surface area (Å²) in [6.45, 7) is -0.0526. The Balaban J connectivity index is 2.04. The van der Waals surface area contributed by atoms with Crippen LogP contribution >= 0.6 is 15.9 Å². The fraction of sp³-hybridized carbons (Fsp3) is 0.0769. The number of carbonyl (C=O) groups is 2. The summed E-state index contributed by atoms with van der Waals surface area (Å²) in [5.74, 6) is 0.253. The van der Waals surface area contributed by atoms with Gasteiger partial charge in [-0.3, -0.25) is 9.59 Å². The molecule has 19 heavy (non-hydrogen) atoms. The molecule has 1 N–H and O–H groups in total. The minimum absolute atomic E-state index is 0.0526. The average molecular weight is 322 g/mol. The van der Waals surface area contributed by atoms with Crippen LogP contribution in [0.4, 0.5) is 5.69 Å². The molecule has 0 atom stereocenters. The Hall–Kier alpha value is -2.08. The molecule has 1 aromatic carbocycles. The van der Waals surface area contributed by atoms with E-state index in [0.717, 1.165) is 0 Å². The van der Waals surface area contributed by atoms with Gasteiger partial charge in [-0.05, 0) is 40.2 Å². The minimum Gasteiger partial charge on any atom is -0.482 e. The van der Waals surface area contributed by atoms with Gasteiger partial charge in [0.05, 0.1) is 12.0 Å². The molecular formula is C13H8BrNO4. The van der Waals surface area contributed by atoms with Gasteiger partial charge in [-0.2, -0.15) is 0 Å². The molecule has 0 radical (unpaired) electrons. The monoisotopic (exact) mass is 321 g/mol. The van der Waals surface area contributed by atoms with Crippen molar-refractivity contribution in [3.05, 3.63) is 46.3 Å². The molecule has 6 heteroatoms. The highest BCUT2D eigenvalue weighted by atomic mass is 79.9. The lowest BCUT2D eigenvalue weighted by Gasteiger charge is -2.19. The highest BCUT2D eigenvalue weighted by Gasteiger charge is 2.22. The van der Waals surface area contributed by atoms with Crippen molar-refractivity contribution in [3.63, 3.8) is 0 Å². The molecule has 0 bridgehead atoms. The molecule has 0 fully saturated rings. The van der Waals surface area contributed by atoms with E-state index in [1.807, 2.05) is 0 Å². The Morgan fingerprint density at radius 3 is 2.95 bits per heavy atom. The van der Waals surface area contributed by atoms with E-state index in [1.54, 1.807) is 24.3 Å². The van der Waals surface area contributed by atoms with Crippen molar-refractivity contribution in [1.82, 2.24) is 0 Å². The molecule has 1 amide bonds. The molecular weight excluding hydrogens is 314 g/mol. The SMILES string of the molecule is O=C1COc2cc(C(=O)c3ccco3)c(Br)cc2N1. The molecule has 1 aliphatic heterocycles. The van der Waals surface area contributed by atoms with Crippen LogP contribution in [0.1, 0.15) is 16.1 Å². The van der Waals surface area contributed by atoms with E-state index in [1.165, 1.54) is 6.26 Å². The second kappa shape index (κ2) is 4.55. The molecule has 2 heterocycles. The fourth-order valence-corrected chi connectivity index (χ4v) is 2.34. The molecule has 3 rings (SSSR count). The average Bonchev–Trinajstić information content (AvgIpc) is 2.91. The van der Waals surface area contributed by atoms with Gasteiger partial charge in [0.2, 0.25) is 5.78 Å². The number of hydrogen-bond acceptors (Lipinski definition) is 4. The lowest BCUT2D eigenvalue weighted by atomic mass is 10.1. The molecule has 0 saturated carbocycles. The predicted molar refractivity (Wildman–Crippen MR) is 70.4 cm³/mol. The second-order valence-electron chi connectivity index (χ2n) is 3.97. The Morgan fingerprint density at radius 2 is 2.21 bits per heavy atom. The first-order valence-electron chi connectivity index (χ1n) is 5.49. The van der Waals surface area contributed by atoms with E-state index in [4.69, 9.17) is 9.15 Å². The van der Waals surface area contributed by atoms with E-state index in [9.17, 15) is 9.59 Å². The Bertz CT molecular complexity index is 664. The van der Waals surface area contributed by atoms with Gasteiger partial charge < -0.3 is 14.5 Å². The largest absolute Gasteiger partial charge is 0.482 e. The van der Waals surface area contributed by atoms with Crippen LogP contribution in [-0.2, 0) is 4.79 Å². The number of ketones is 1. The number of hydrogen-bond donors (Lipinski definition) is 1. The Labute approximate surface area is 116 Å². The summed E-state index contributed by atoms with van der Waals surface area (Å²) in [7, 11) is 0. The lowest BCUT2D eigenvalue weighted by Crippen LogP contribution is -2.25. The zero-order valence-corrected chi connectivity index (χ0v) is 11.2. The molecule has 0 spiro atoms. The number of furan rings is 1. The first kappa shape index (κ1) is 12.0. The molecule has 0 unspecified atom stereocenters. The maximum atomic E-state index is 12.2. The van der Waals surface area contributed by atoms with E-state index in [2.05, 4.69) is 21.2 Å². The molecule has 0 aliphatic carbocycles. The summed E-state index contributed by atoms with van der Waals surface area (Å²) >= 11 is 3.31. The number of amides is 1. The van der Waals surface area contributed by atoms with Crippen molar-refractivity contribution in [1.29, 1.82) is 0 Å². The summed E-state index contributed by atoms with van der Waals surface area (Å²) in [6, 6.07) is 6.47. The molecule has 1 aromatic heterocycles. The van der Waals surface area contributed by atoms with Gasteiger partial charge in [0.15, 0.2) is 12.4 Å². The number of anilines is 1. The van der Waals surface area contributed by atoms with Gasteiger partial charge in [0.25, 0.3) is 5.91 Å². The molecule has 2 aromatic rings.